The predicted molar refractivity (Wildman–Crippen MR) is 72.7 cm³/mol. The Labute approximate surface area is 101 Å². The zero-order chi connectivity index (χ0) is 12.4. The summed E-state index contributed by atoms with van der Waals surface area (Å²) in [6.45, 7) is 9.49. The van der Waals surface area contributed by atoms with E-state index in [1.165, 1.54) is 32.1 Å². The van der Waals surface area contributed by atoms with Gasteiger partial charge in [-0.15, -0.1) is 0 Å². The molecule has 0 rings (SSSR count). The van der Waals surface area contributed by atoms with Crippen molar-refractivity contribution in [1.29, 1.82) is 0 Å². The van der Waals surface area contributed by atoms with E-state index in [2.05, 4.69) is 38.0 Å². The van der Waals surface area contributed by atoms with Gasteiger partial charge in [-0.05, 0) is 32.6 Å². The van der Waals surface area contributed by atoms with Crippen molar-refractivity contribution in [2.45, 2.75) is 65.8 Å². The van der Waals surface area contributed by atoms with Crippen LogP contribution in [0.15, 0.2) is 4.99 Å². The Morgan fingerprint density at radius 1 is 1.19 bits per heavy atom. The quantitative estimate of drug-likeness (QED) is 0.495. The van der Waals surface area contributed by atoms with Gasteiger partial charge in [0.2, 0.25) is 0 Å². The van der Waals surface area contributed by atoms with Gasteiger partial charge in [-0.3, -0.25) is 4.99 Å². The second-order valence-corrected chi connectivity index (χ2v) is 4.82. The molecule has 0 aliphatic heterocycles. The standard InChI is InChI=1S/C13H29N3/c1-5-7-9-12(8-6-2)10-15-13(14)16-11(3)4/h11-12H,5-10H2,1-4H3,(H3,14,15,16). The third-order valence-corrected chi connectivity index (χ3v) is 2.62. The summed E-state index contributed by atoms with van der Waals surface area (Å²) >= 11 is 0. The Bertz CT molecular complexity index is 188. The van der Waals surface area contributed by atoms with E-state index in [4.69, 9.17) is 5.73 Å². The molecular weight excluding hydrogens is 198 g/mol. The van der Waals surface area contributed by atoms with Crippen LogP contribution in [-0.2, 0) is 0 Å². The number of hydrogen-bond acceptors (Lipinski definition) is 1. The zero-order valence-corrected chi connectivity index (χ0v) is 11.4. The Morgan fingerprint density at radius 2 is 1.88 bits per heavy atom. The first kappa shape index (κ1) is 15.3. The van der Waals surface area contributed by atoms with Gasteiger partial charge in [0, 0.05) is 12.6 Å². The fourth-order valence-corrected chi connectivity index (χ4v) is 1.80. The molecule has 0 radical (unpaired) electrons. The monoisotopic (exact) mass is 227 g/mol. The molecule has 0 aromatic rings. The Morgan fingerprint density at radius 3 is 2.38 bits per heavy atom. The van der Waals surface area contributed by atoms with Crippen LogP contribution in [0.2, 0.25) is 0 Å². The number of nitrogens with one attached hydrogen (secondary N) is 1. The van der Waals surface area contributed by atoms with Crippen molar-refractivity contribution in [2.75, 3.05) is 6.54 Å². The molecule has 0 aliphatic rings. The van der Waals surface area contributed by atoms with E-state index in [0.717, 1.165) is 6.54 Å². The van der Waals surface area contributed by atoms with Crippen LogP contribution in [-0.4, -0.2) is 18.5 Å². The first-order valence-electron chi connectivity index (χ1n) is 6.66. The summed E-state index contributed by atoms with van der Waals surface area (Å²) in [4.78, 5) is 4.42. The number of nitrogens with zero attached hydrogens (tertiary/aromatic N) is 1. The Hall–Kier alpha value is -0.730. The van der Waals surface area contributed by atoms with E-state index in [-0.39, 0.29) is 0 Å². The maximum Gasteiger partial charge on any atom is 0.188 e. The molecule has 0 saturated heterocycles. The number of unbranched alkanes of at least 4 members (excludes halogenated alkanes) is 1. The zero-order valence-electron chi connectivity index (χ0n) is 11.4. The molecule has 0 heterocycles. The van der Waals surface area contributed by atoms with Gasteiger partial charge in [-0.25, -0.2) is 0 Å². The minimum Gasteiger partial charge on any atom is -0.370 e. The molecule has 3 nitrogen and oxygen atoms in total. The van der Waals surface area contributed by atoms with Crippen LogP contribution >= 0.6 is 0 Å². The minimum absolute atomic E-state index is 0.365. The molecule has 0 aliphatic carbocycles. The van der Waals surface area contributed by atoms with Crippen LogP contribution in [0, 0.1) is 5.92 Å². The Balaban J connectivity index is 3.97. The molecule has 3 N–H and O–H groups in total. The highest BCUT2D eigenvalue weighted by Gasteiger charge is 2.06. The number of hydrogen-bond donors (Lipinski definition) is 2. The first-order chi connectivity index (χ1) is 7.60. The second-order valence-electron chi connectivity index (χ2n) is 4.82. The third-order valence-electron chi connectivity index (χ3n) is 2.62. The molecule has 3 heteroatoms. The lowest BCUT2D eigenvalue weighted by molar-refractivity contribution is 0.439. The summed E-state index contributed by atoms with van der Waals surface area (Å²) < 4.78 is 0. The normalized spacial score (nSPS) is 14.2. The fourth-order valence-electron chi connectivity index (χ4n) is 1.80. The number of nitrogens with two attached hydrogens (primary N) is 1. The van der Waals surface area contributed by atoms with Gasteiger partial charge in [0.05, 0.1) is 0 Å². The molecular formula is C13H29N3. The lowest BCUT2D eigenvalue weighted by atomic mass is 9.97. The number of rotatable bonds is 8. The van der Waals surface area contributed by atoms with Crippen LogP contribution < -0.4 is 11.1 Å². The van der Waals surface area contributed by atoms with E-state index >= 15 is 0 Å². The van der Waals surface area contributed by atoms with Gasteiger partial charge in [0.1, 0.15) is 0 Å². The fraction of sp³-hybridized carbons (Fsp3) is 0.923. The molecule has 0 aromatic carbocycles. The van der Waals surface area contributed by atoms with Crippen LogP contribution in [0.3, 0.4) is 0 Å². The molecule has 1 atom stereocenters. The molecule has 0 saturated carbocycles. The number of aliphatic imine (C=N–C) groups is 1. The highest BCUT2D eigenvalue weighted by Crippen LogP contribution is 2.14. The first-order valence-corrected chi connectivity index (χ1v) is 6.66. The molecule has 96 valence electrons. The maximum absolute atomic E-state index is 5.79. The van der Waals surface area contributed by atoms with Gasteiger partial charge >= 0.3 is 0 Å². The average molecular weight is 227 g/mol. The molecule has 16 heavy (non-hydrogen) atoms. The molecule has 0 amide bonds. The highest BCUT2D eigenvalue weighted by molar-refractivity contribution is 5.78. The molecule has 0 bridgehead atoms. The van der Waals surface area contributed by atoms with Gasteiger partial charge in [-0.2, -0.15) is 0 Å². The average Bonchev–Trinajstić information content (AvgIpc) is 2.21. The SMILES string of the molecule is CCCCC(CCC)CN=C(N)NC(C)C. The third kappa shape index (κ3) is 8.57. The van der Waals surface area contributed by atoms with Crippen LogP contribution in [0.1, 0.15) is 59.8 Å². The summed E-state index contributed by atoms with van der Waals surface area (Å²) in [7, 11) is 0. The van der Waals surface area contributed by atoms with E-state index in [1.807, 2.05) is 0 Å². The second kappa shape index (κ2) is 9.49. The highest BCUT2D eigenvalue weighted by atomic mass is 15.1. The molecule has 0 spiro atoms. The van der Waals surface area contributed by atoms with Crippen molar-refractivity contribution in [2.24, 2.45) is 16.6 Å². The van der Waals surface area contributed by atoms with Crippen molar-refractivity contribution >= 4 is 5.96 Å². The minimum atomic E-state index is 0.365. The van der Waals surface area contributed by atoms with Gasteiger partial charge in [-0.1, -0.05) is 33.1 Å². The van der Waals surface area contributed by atoms with Crippen LogP contribution in [0.5, 0.6) is 0 Å². The van der Waals surface area contributed by atoms with Crippen molar-refractivity contribution in [3.8, 4) is 0 Å². The topological polar surface area (TPSA) is 50.4 Å². The van der Waals surface area contributed by atoms with Gasteiger partial charge in [0.15, 0.2) is 5.96 Å². The summed E-state index contributed by atoms with van der Waals surface area (Å²) in [6.07, 6.45) is 6.35. The van der Waals surface area contributed by atoms with E-state index < -0.39 is 0 Å². The number of guanidine groups is 1. The lowest BCUT2D eigenvalue weighted by Crippen LogP contribution is -2.37. The summed E-state index contributed by atoms with van der Waals surface area (Å²) in [5.74, 6) is 1.30. The maximum atomic E-state index is 5.79. The predicted octanol–water partition coefficient (Wildman–Crippen LogP) is 2.91. The largest absolute Gasteiger partial charge is 0.370 e. The van der Waals surface area contributed by atoms with E-state index in [0.29, 0.717) is 17.9 Å². The molecule has 0 fully saturated rings. The summed E-state index contributed by atoms with van der Waals surface area (Å²) in [5.41, 5.74) is 5.79. The van der Waals surface area contributed by atoms with E-state index in [1.54, 1.807) is 0 Å². The summed E-state index contributed by atoms with van der Waals surface area (Å²) in [5, 5.41) is 3.12. The van der Waals surface area contributed by atoms with Crippen molar-refractivity contribution < 1.29 is 0 Å². The van der Waals surface area contributed by atoms with Crippen molar-refractivity contribution in [3.63, 3.8) is 0 Å². The Kier molecular flexibility index (Phi) is 9.06. The summed E-state index contributed by atoms with van der Waals surface area (Å²) in [6, 6.07) is 0.365. The van der Waals surface area contributed by atoms with Crippen molar-refractivity contribution in [1.82, 2.24) is 5.32 Å². The lowest BCUT2D eigenvalue weighted by Gasteiger charge is -2.14. The van der Waals surface area contributed by atoms with Crippen LogP contribution in [0.25, 0.3) is 0 Å². The van der Waals surface area contributed by atoms with E-state index in [9.17, 15) is 0 Å². The van der Waals surface area contributed by atoms with Crippen molar-refractivity contribution in [3.05, 3.63) is 0 Å². The molecule has 0 aromatic heterocycles. The van der Waals surface area contributed by atoms with Gasteiger partial charge < -0.3 is 11.1 Å². The van der Waals surface area contributed by atoms with Crippen LogP contribution in [0.4, 0.5) is 0 Å². The van der Waals surface area contributed by atoms with Gasteiger partial charge in [0.25, 0.3) is 0 Å². The molecule has 1 unspecified atom stereocenters. The smallest absolute Gasteiger partial charge is 0.188 e.